The quantitative estimate of drug-likeness (QED) is 0.829. The van der Waals surface area contributed by atoms with Gasteiger partial charge in [-0.25, -0.2) is 0 Å². The van der Waals surface area contributed by atoms with Gasteiger partial charge in [0.2, 0.25) is 0 Å². The van der Waals surface area contributed by atoms with E-state index in [2.05, 4.69) is 11.8 Å². The zero-order chi connectivity index (χ0) is 13.2. The molecule has 0 radical (unpaired) electrons. The fourth-order valence-electron chi connectivity index (χ4n) is 2.56. The van der Waals surface area contributed by atoms with Gasteiger partial charge in [0.1, 0.15) is 13.2 Å². The van der Waals surface area contributed by atoms with Gasteiger partial charge in [-0.1, -0.05) is 6.92 Å². The van der Waals surface area contributed by atoms with Crippen LogP contribution in [0.2, 0.25) is 0 Å². The summed E-state index contributed by atoms with van der Waals surface area (Å²) in [6.07, 6.45) is 3.83. The molecule has 1 aromatic rings. The van der Waals surface area contributed by atoms with E-state index in [4.69, 9.17) is 15.2 Å². The lowest BCUT2D eigenvalue weighted by Crippen LogP contribution is -2.27. The fourth-order valence-corrected chi connectivity index (χ4v) is 2.56. The number of anilines is 2. The first-order valence-electron chi connectivity index (χ1n) is 7.22. The van der Waals surface area contributed by atoms with Crippen LogP contribution in [0.3, 0.4) is 0 Å². The molecular formula is C15H22N2O2. The van der Waals surface area contributed by atoms with Gasteiger partial charge in [0, 0.05) is 25.2 Å². The summed E-state index contributed by atoms with van der Waals surface area (Å²) in [7, 11) is 0. The van der Waals surface area contributed by atoms with E-state index >= 15 is 0 Å². The van der Waals surface area contributed by atoms with Crippen molar-refractivity contribution in [1.82, 2.24) is 0 Å². The summed E-state index contributed by atoms with van der Waals surface area (Å²) >= 11 is 0. The van der Waals surface area contributed by atoms with Crippen LogP contribution < -0.4 is 20.1 Å². The summed E-state index contributed by atoms with van der Waals surface area (Å²) in [4.78, 5) is 2.39. The number of nitrogens with zero attached hydrogens (tertiary/aromatic N) is 1. The molecule has 1 saturated carbocycles. The van der Waals surface area contributed by atoms with Gasteiger partial charge < -0.3 is 20.1 Å². The van der Waals surface area contributed by atoms with Crippen molar-refractivity contribution >= 4 is 11.4 Å². The van der Waals surface area contributed by atoms with Crippen LogP contribution in [0, 0.1) is 5.92 Å². The van der Waals surface area contributed by atoms with Gasteiger partial charge >= 0.3 is 0 Å². The molecule has 0 amide bonds. The van der Waals surface area contributed by atoms with Crippen molar-refractivity contribution in [2.45, 2.75) is 26.2 Å². The van der Waals surface area contributed by atoms with E-state index in [1.165, 1.54) is 12.8 Å². The maximum absolute atomic E-state index is 6.19. The van der Waals surface area contributed by atoms with Gasteiger partial charge in [-0.3, -0.25) is 0 Å². The highest BCUT2D eigenvalue weighted by molar-refractivity contribution is 5.73. The topological polar surface area (TPSA) is 47.7 Å². The van der Waals surface area contributed by atoms with E-state index in [0.717, 1.165) is 48.3 Å². The second-order valence-electron chi connectivity index (χ2n) is 5.44. The van der Waals surface area contributed by atoms with Gasteiger partial charge in [0.15, 0.2) is 11.5 Å². The van der Waals surface area contributed by atoms with Crippen LogP contribution in [0.5, 0.6) is 11.5 Å². The lowest BCUT2D eigenvalue weighted by atomic mass is 10.2. The van der Waals surface area contributed by atoms with E-state index in [9.17, 15) is 0 Å². The van der Waals surface area contributed by atoms with Gasteiger partial charge in [0.25, 0.3) is 0 Å². The monoisotopic (exact) mass is 262 g/mol. The highest BCUT2D eigenvalue weighted by atomic mass is 16.6. The molecule has 104 valence electrons. The van der Waals surface area contributed by atoms with Crippen LogP contribution in [0.1, 0.15) is 26.2 Å². The fraction of sp³-hybridized carbons (Fsp3) is 0.600. The van der Waals surface area contributed by atoms with Gasteiger partial charge in [-0.15, -0.1) is 0 Å². The number of hydrogen-bond acceptors (Lipinski definition) is 4. The number of ether oxygens (including phenoxy) is 2. The molecule has 19 heavy (non-hydrogen) atoms. The van der Waals surface area contributed by atoms with E-state index in [-0.39, 0.29) is 0 Å². The maximum Gasteiger partial charge on any atom is 0.163 e. The highest BCUT2D eigenvalue weighted by Gasteiger charge is 2.26. The van der Waals surface area contributed by atoms with Crippen LogP contribution in [0.25, 0.3) is 0 Å². The van der Waals surface area contributed by atoms with E-state index in [0.29, 0.717) is 13.2 Å². The highest BCUT2D eigenvalue weighted by Crippen LogP contribution is 2.40. The standard InChI is InChI=1S/C15H22N2O2/c1-2-5-17(10-11-3-4-11)13-9-15-14(8-12(13)16)18-6-7-19-15/h8-9,11H,2-7,10,16H2,1H3. The molecule has 0 spiro atoms. The number of rotatable bonds is 5. The van der Waals surface area contributed by atoms with E-state index in [1.54, 1.807) is 0 Å². The Morgan fingerprint density at radius 3 is 2.53 bits per heavy atom. The number of hydrogen-bond donors (Lipinski definition) is 1. The second-order valence-corrected chi connectivity index (χ2v) is 5.44. The molecule has 0 unspecified atom stereocenters. The lowest BCUT2D eigenvalue weighted by Gasteiger charge is -2.28. The van der Waals surface area contributed by atoms with Crippen molar-refractivity contribution in [3.8, 4) is 11.5 Å². The molecule has 4 heteroatoms. The minimum absolute atomic E-state index is 0.604. The van der Waals surface area contributed by atoms with Crippen molar-refractivity contribution in [3.63, 3.8) is 0 Å². The molecule has 2 aliphatic rings. The number of benzene rings is 1. The largest absolute Gasteiger partial charge is 0.486 e. The summed E-state index contributed by atoms with van der Waals surface area (Å²) in [6, 6.07) is 3.95. The molecule has 1 aromatic carbocycles. The Hall–Kier alpha value is -1.58. The third kappa shape index (κ3) is 2.72. The Kier molecular flexibility index (Phi) is 3.40. The molecule has 1 aliphatic heterocycles. The van der Waals surface area contributed by atoms with Crippen LogP contribution in [-0.4, -0.2) is 26.3 Å². The van der Waals surface area contributed by atoms with Crippen molar-refractivity contribution in [1.29, 1.82) is 0 Å². The summed E-state index contributed by atoms with van der Waals surface area (Å²) in [5.41, 5.74) is 8.08. The van der Waals surface area contributed by atoms with Crippen LogP contribution in [0.15, 0.2) is 12.1 Å². The Balaban J connectivity index is 1.87. The van der Waals surface area contributed by atoms with E-state index < -0.39 is 0 Å². The maximum atomic E-state index is 6.19. The van der Waals surface area contributed by atoms with E-state index in [1.807, 2.05) is 12.1 Å². The van der Waals surface area contributed by atoms with Crippen molar-refractivity contribution in [2.24, 2.45) is 5.92 Å². The summed E-state index contributed by atoms with van der Waals surface area (Å²) in [6.45, 7) is 5.57. The summed E-state index contributed by atoms with van der Waals surface area (Å²) in [5, 5.41) is 0. The number of nitrogens with two attached hydrogens (primary N) is 1. The van der Waals surface area contributed by atoms with Crippen LogP contribution in [0.4, 0.5) is 11.4 Å². The van der Waals surface area contributed by atoms with Gasteiger partial charge in [-0.2, -0.15) is 0 Å². The minimum Gasteiger partial charge on any atom is -0.486 e. The Labute approximate surface area is 114 Å². The van der Waals surface area contributed by atoms with Crippen LogP contribution >= 0.6 is 0 Å². The first kappa shape index (κ1) is 12.5. The molecule has 0 bridgehead atoms. The molecule has 3 rings (SSSR count). The summed E-state index contributed by atoms with van der Waals surface area (Å²) < 4.78 is 11.2. The third-order valence-electron chi connectivity index (χ3n) is 3.70. The van der Waals surface area contributed by atoms with Crippen LogP contribution in [-0.2, 0) is 0 Å². The Morgan fingerprint density at radius 1 is 1.21 bits per heavy atom. The Morgan fingerprint density at radius 2 is 1.89 bits per heavy atom. The molecule has 0 saturated heterocycles. The smallest absolute Gasteiger partial charge is 0.163 e. The van der Waals surface area contributed by atoms with Gasteiger partial charge in [0.05, 0.1) is 11.4 Å². The predicted molar refractivity (Wildman–Crippen MR) is 77.1 cm³/mol. The molecule has 4 nitrogen and oxygen atoms in total. The molecule has 0 atom stereocenters. The minimum atomic E-state index is 0.604. The predicted octanol–water partition coefficient (Wildman–Crippen LogP) is 2.67. The van der Waals surface area contributed by atoms with Crippen molar-refractivity contribution in [2.75, 3.05) is 36.9 Å². The average molecular weight is 262 g/mol. The SMILES string of the molecule is CCCN(CC1CC1)c1cc2c(cc1N)OCCO2. The molecule has 1 fully saturated rings. The molecule has 2 N–H and O–H groups in total. The molecule has 1 heterocycles. The summed E-state index contributed by atoms with van der Waals surface area (Å²) in [5.74, 6) is 2.45. The molecule has 1 aliphatic carbocycles. The lowest BCUT2D eigenvalue weighted by molar-refractivity contribution is 0.172. The zero-order valence-electron chi connectivity index (χ0n) is 11.5. The van der Waals surface area contributed by atoms with Crippen molar-refractivity contribution in [3.05, 3.63) is 12.1 Å². The third-order valence-corrected chi connectivity index (χ3v) is 3.70. The zero-order valence-corrected chi connectivity index (χ0v) is 11.5. The average Bonchev–Trinajstić information content (AvgIpc) is 3.21. The molecule has 0 aromatic heterocycles. The Bertz CT molecular complexity index is 458. The first-order chi connectivity index (χ1) is 9.28. The number of fused-ring (bicyclic) bond motifs is 1. The first-order valence-corrected chi connectivity index (χ1v) is 7.22. The van der Waals surface area contributed by atoms with Gasteiger partial charge in [-0.05, 0) is 25.2 Å². The number of nitrogen functional groups attached to an aromatic ring is 1. The second kappa shape index (κ2) is 5.19. The molecular weight excluding hydrogens is 240 g/mol. The van der Waals surface area contributed by atoms with Crippen molar-refractivity contribution < 1.29 is 9.47 Å². The normalized spacial score (nSPS) is 17.3.